The molecule has 0 spiro atoms. The molecule has 7 aromatic carbocycles. The molecule has 0 unspecified atom stereocenters. The molecule has 3 aliphatic rings. The quantitative estimate of drug-likeness (QED) is 0.0976. The molecule has 14 aromatic rings. The number of aromatic amines is 5. The monoisotopic (exact) mass is 1280 g/mol. The first-order valence-electron chi connectivity index (χ1n) is 34.9. The van der Waals surface area contributed by atoms with E-state index in [1.54, 1.807) is 0 Å². The van der Waals surface area contributed by atoms with Crippen LogP contribution in [0.5, 0.6) is 0 Å². The van der Waals surface area contributed by atoms with Gasteiger partial charge in [-0.1, -0.05) is 172 Å². The van der Waals surface area contributed by atoms with Gasteiger partial charge < -0.3 is 24.9 Å². The van der Waals surface area contributed by atoms with Crippen molar-refractivity contribution in [3.8, 4) is 44.5 Å². The summed E-state index contributed by atoms with van der Waals surface area (Å²) in [6, 6.07) is 73.4. The fraction of sp³-hybridized carbons (Fsp3) is 0.154. The summed E-state index contributed by atoms with van der Waals surface area (Å²) < 4.78 is 0. The second-order valence-electron chi connectivity index (χ2n) is 27.4. The second kappa shape index (κ2) is 23.6. The molecule has 0 radical (unpaired) electrons. The van der Waals surface area contributed by atoms with Crippen molar-refractivity contribution in [1.29, 1.82) is 0 Å². The van der Waals surface area contributed by atoms with E-state index in [9.17, 15) is 0 Å². The summed E-state index contributed by atoms with van der Waals surface area (Å²) in [5.41, 5.74) is 43.5. The van der Waals surface area contributed by atoms with Gasteiger partial charge >= 0.3 is 0 Å². The Balaban J connectivity index is 1.00. The molecule has 0 saturated heterocycles. The van der Waals surface area contributed by atoms with Crippen LogP contribution in [0.4, 0.5) is 0 Å². The molecule has 3 aliphatic heterocycles. The lowest BCUT2D eigenvalue weighted by atomic mass is 9.89. The molecule has 8 nitrogen and oxygen atoms in total. The van der Waals surface area contributed by atoms with Gasteiger partial charge in [0.15, 0.2) is 0 Å². The average Bonchev–Trinajstić information content (AvgIpc) is 1.66. The van der Waals surface area contributed by atoms with E-state index in [2.05, 4.69) is 308 Å². The zero-order valence-electron chi connectivity index (χ0n) is 58.3. The average molecular weight is 1280 g/mol. The third-order valence-corrected chi connectivity index (χ3v) is 22.2. The largest absolute Gasteiger partial charge is 0.355 e. The summed E-state index contributed by atoms with van der Waals surface area (Å²) in [5.74, 6) is 0. The van der Waals surface area contributed by atoms with E-state index in [1.807, 2.05) is 0 Å². The summed E-state index contributed by atoms with van der Waals surface area (Å²) in [6.07, 6.45) is 1.78. The van der Waals surface area contributed by atoms with E-state index in [1.165, 1.54) is 39.0 Å². The number of hydrogen-bond donors (Lipinski definition) is 5. The molecule has 17 rings (SSSR count). The van der Waals surface area contributed by atoms with Gasteiger partial charge in [-0.25, -0.2) is 15.0 Å². The maximum absolute atomic E-state index is 5.93. The van der Waals surface area contributed by atoms with Gasteiger partial charge in [-0.2, -0.15) is 0 Å². The molecule has 10 heterocycles. The molecule has 0 atom stereocenters. The number of allylic oxidation sites excluding steroid dienone is 4. The Kier molecular flexibility index (Phi) is 14.5. The van der Waals surface area contributed by atoms with Gasteiger partial charge in [-0.15, -0.1) is 0 Å². The molecular formula is C91H78N8. The Labute approximate surface area is 577 Å². The number of nitrogens with one attached hydrogen (secondary N) is 5. The van der Waals surface area contributed by atoms with E-state index in [0.29, 0.717) is 0 Å². The van der Waals surface area contributed by atoms with Crippen molar-refractivity contribution in [3.05, 3.63) is 290 Å². The Morgan fingerprint density at radius 1 is 0.283 bits per heavy atom. The van der Waals surface area contributed by atoms with Crippen LogP contribution in [0.1, 0.15) is 131 Å². The first kappa shape index (κ1) is 61.0. The molecule has 99 heavy (non-hydrogen) atoms. The molecular weight excluding hydrogens is 1210 g/mol. The number of aryl methyl sites for hydroxylation is 8. The number of aromatic nitrogens is 8. The van der Waals surface area contributed by atoms with Crippen molar-refractivity contribution in [3.63, 3.8) is 0 Å². The van der Waals surface area contributed by atoms with Crippen molar-refractivity contribution >= 4 is 110 Å². The SMILES string of the molecule is CCC1=C(C)c2cc3[nH]c(c(C)c3C)c(-c3cccc4cc5cccc(-c6c7[nH]c(cc8nc(c9[nH]c(cc%10[nH]c6c(C)c%10C)c(-c6ccccc6)c9-c6ccccc6)C(c6ccccc6)=C8c6ccccc6)c(C)c7C)c5cc34)c3nc(cc4[nH]c(cc1n2)c(CC)c4C)C(C)=C3C. The predicted molar refractivity (Wildman–Crippen MR) is 419 cm³/mol. The van der Waals surface area contributed by atoms with Crippen LogP contribution < -0.4 is 0 Å². The normalized spacial score (nSPS) is 13.0. The Hall–Kier alpha value is -11.6. The van der Waals surface area contributed by atoms with Crippen LogP contribution in [-0.4, -0.2) is 39.9 Å². The predicted octanol–water partition coefficient (Wildman–Crippen LogP) is 24.1. The van der Waals surface area contributed by atoms with Crippen molar-refractivity contribution in [2.75, 3.05) is 0 Å². The zero-order chi connectivity index (χ0) is 67.8. The number of benzene rings is 7. The number of hydrogen-bond acceptors (Lipinski definition) is 3. The number of rotatable bonds is 8. The van der Waals surface area contributed by atoms with Crippen LogP contribution in [0.2, 0.25) is 0 Å². The van der Waals surface area contributed by atoms with E-state index in [-0.39, 0.29) is 0 Å². The summed E-state index contributed by atoms with van der Waals surface area (Å²) >= 11 is 0. The van der Waals surface area contributed by atoms with E-state index < -0.39 is 0 Å². The number of fused-ring (bicyclic) bond motifs is 19. The van der Waals surface area contributed by atoms with Gasteiger partial charge in [0.2, 0.25) is 0 Å². The van der Waals surface area contributed by atoms with Gasteiger partial charge in [-0.3, -0.25) is 0 Å². The smallest absolute Gasteiger partial charge is 0.0963 e. The fourth-order valence-corrected chi connectivity index (χ4v) is 16.2. The van der Waals surface area contributed by atoms with Crippen LogP contribution in [0, 0.1) is 48.5 Å². The van der Waals surface area contributed by atoms with Gasteiger partial charge in [-0.05, 0) is 246 Å². The lowest BCUT2D eigenvalue weighted by molar-refractivity contribution is 1.14. The van der Waals surface area contributed by atoms with E-state index >= 15 is 0 Å². The third kappa shape index (κ3) is 9.66. The molecule has 16 bridgehead atoms. The molecule has 0 fully saturated rings. The van der Waals surface area contributed by atoms with Crippen molar-refractivity contribution in [1.82, 2.24) is 39.9 Å². The highest BCUT2D eigenvalue weighted by Crippen LogP contribution is 2.50. The van der Waals surface area contributed by atoms with Crippen molar-refractivity contribution in [2.45, 2.75) is 95.9 Å². The highest BCUT2D eigenvalue weighted by Gasteiger charge is 2.30. The molecule has 7 aromatic heterocycles. The molecule has 482 valence electrons. The highest BCUT2D eigenvalue weighted by atomic mass is 14.8. The minimum absolute atomic E-state index is 0.879. The van der Waals surface area contributed by atoms with Crippen LogP contribution in [0.15, 0.2) is 200 Å². The minimum Gasteiger partial charge on any atom is -0.355 e. The maximum atomic E-state index is 5.93. The Morgan fingerprint density at radius 2 is 0.737 bits per heavy atom. The highest BCUT2D eigenvalue weighted by molar-refractivity contribution is 6.17. The Bertz CT molecular complexity index is 6190. The molecule has 5 N–H and O–H groups in total. The Morgan fingerprint density at radius 3 is 1.29 bits per heavy atom. The third-order valence-electron chi connectivity index (χ3n) is 22.2. The first-order chi connectivity index (χ1) is 48.2. The van der Waals surface area contributed by atoms with Crippen LogP contribution >= 0.6 is 0 Å². The van der Waals surface area contributed by atoms with Gasteiger partial charge in [0.25, 0.3) is 0 Å². The second-order valence-corrected chi connectivity index (χ2v) is 27.4. The molecule has 0 saturated carbocycles. The topological polar surface area (TPSA) is 118 Å². The van der Waals surface area contributed by atoms with Gasteiger partial charge in [0.05, 0.1) is 56.2 Å². The summed E-state index contributed by atoms with van der Waals surface area (Å²) in [4.78, 5) is 37.6. The van der Waals surface area contributed by atoms with Crippen LogP contribution in [-0.2, 0) is 6.42 Å². The first-order valence-corrected chi connectivity index (χ1v) is 34.9. The minimum atomic E-state index is 0.879. The zero-order valence-corrected chi connectivity index (χ0v) is 58.3. The maximum Gasteiger partial charge on any atom is 0.0963 e. The molecule has 0 amide bonds. The lowest BCUT2D eigenvalue weighted by Gasteiger charge is -2.15. The van der Waals surface area contributed by atoms with Crippen molar-refractivity contribution < 1.29 is 0 Å². The fourth-order valence-electron chi connectivity index (χ4n) is 16.2. The summed E-state index contributed by atoms with van der Waals surface area (Å²) in [5, 5.41) is 4.56. The van der Waals surface area contributed by atoms with Gasteiger partial charge in [0, 0.05) is 66.5 Å². The van der Waals surface area contributed by atoms with Crippen molar-refractivity contribution in [2.24, 2.45) is 0 Å². The van der Waals surface area contributed by atoms with Crippen LogP contribution in [0.25, 0.3) is 155 Å². The summed E-state index contributed by atoms with van der Waals surface area (Å²) in [6.45, 7) is 27.1. The molecule has 8 heteroatoms. The van der Waals surface area contributed by atoms with Crippen LogP contribution in [0.3, 0.4) is 0 Å². The number of H-pyrrole nitrogens is 5. The molecule has 0 aliphatic carbocycles. The summed E-state index contributed by atoms with van der Waals surface area (Å²) in [7, 11) is 0. The lowest BCUT2D eigenvalue weighted by Crippen LogP contribution is -1.92. The van der Waals surface area contributed by atoms with E-state index in [4.69, 9.17) is 15.0 Å². The van der Waals surface area contributed by atoms with Gasteiger partial charge in [0.1, 0.15) is 0 Å². The standard InChI is InChI=1S/C91H78N8/c1-13-64-56(11)74-43-70-48(3)52(7)86(94-70)84(87-53(8)49(4)71(95-87)44-75-57(12)65(14-2)77(93-75)47-76(64)92-74)66-39-27-37-62-41-63-38-28-40-67(69(63)42-68(62)66)85-88-54(9)50(5)72(96-88)45-78-80(58-29-19-15-20-30-58)82(60-33-23-17-24-34-60)90(98-78)91-83(61-35-25-18-26-36-61)81(59-31-21-16-22-32-59)79(99-91)46-73-51(6)55(10)89(85)97-73/h15-47,92,95-98H,13-14H2,1-12H3. The number of nitrogens with zero attached hydrogens (tertiary/aromatic N) is 3. The van der Waals surface area contributed by atoms with E-state index in [0.717, 1.165) is 218 Å².